The lowest BCUT2D eigenvalue weighted by Crippen LogP contribution is -2.45. The minimum atomic E-state index is 0.305. The van der Waals surface area contributed by atoms with Crippen LogP contribution in [0.3, 0.4) is 0 Å². The fourth-order valence-electron chi connectivity index (χ4n) is 3.09. The van der Waals surface area contributed by atoms with Gasteiger partial charge in [0.2, 0.25) is 0 Å². The van der Waals surface area contributed by atoms with Crippen molar-refractivity contribution in [2.24, 2.45) is 4.99 Å². The Morgan fingerprint density at radius 1 is 1.23 bits per heavy atom. The molecule has 3 rings (SSSR count). The normalized spacial score (nSPS) is 17.4. The zero-order valence-corrected chi connectivity index (χ0v) is 16.3. The number of aromatic nitrogens is 1. The SMILES string of the molecule is CN=C(NCCc1ccccc1Cl)NC1CCN(c2ncccc2Cl)C1. The number of halogens is 2. The molecule has 26 heavy (non-hydrogen) atoms. The molecular formula is C19H23Cl2N5. The Kier molecular flexibility index (Phi) is 6.58. The van der Waals surface area contributed by atoms with Gasteiger partial charge in [0.05, 0.1) is 5.02 Å². The van der Waals surface area contributed by atoms with Crippen molar-refractivity contribution in [2.45, 2.75) is 18.9 Å². The van der Waals surface area contributed by atoms with Crippen molar-refractivity contribution < 1.29 is 0 Å². The molecule has 1 aliphatic rings. The van der Waals surface area contributed by atoms with Gasteiger partial charge in [0.25, 0.3) is 0 Å². The van der Waals surface area contributed by atoms with Crippen LogP contribution in [0.15, 0.2) is 47.6 Å². The monoisotopic (exact) mass is 391 g/mol. The Morgan fingerprint density at radius 3 is 2.81 bits per heavy atom. The van der Waals surface area contributed by atoms with Crippen LogP contribution >= 0.6 is 23.2 Å². The number of guanidine groups is 1. The van der Waals surface area contributed by atoms with Gasteiger partial charge in [-0.15, -0.1) is 0 Å². The van der Waals surface area contributed by atoms with E-state index < -0.39 is 0 Å². The molecule has 0 amide bonds. The number of pyridine rings is 1. The van der Waals surface area contributed by atoms with Gasteiger partial charge in [0.15, 0.2) is 5.96 Å². The average molecular weight is 392 g/mol. The van der Waals surface area contributed by atoms with Crippen molar-refractivity contribution in [3.05, 3.63) is 58.2 Å². The van der Waals surface area contributed by atoms with Gasteiger partial charge in [-0.25, -0.2) is 4.98 Å². The van der Waals surface area contributed by atoms with Crippen LogP contribution in [0.2, 0.25) is 10.0 Å². The Balaban J connectivity index is 1.48. The van der Waals surface area contributed by atoms with E-state index in [1.165, 1.54) is 0 Å². The quantitative estimate of drug-likeness (QED) is 0.605. The molecule has 138 valence electrons. The predicted octanol–water partition coefficient (Wildman–Crippen LogP) is 3.37. The molecule has 1 aromatic carbocycles. The zero-order chi connectivity index (χ0) is 18.4. The van der Waals surface area contributed by atoms with Crippen LogP contribution in [-0.4, -0.2) is 43.7 Å². The van der Waals surface area contributed by atoms with Gasteiger partial charge in [0.1, 0.15) is 5.82 Å². The third-order valence-electron chi connectivity index (χ3n) is 4.44. The number of anilines is 1. The van der Waals surface area contributed by atoms with Crippen LogP contribution < -0.4 is 15.5 Å². The topological polar surface area (TPSA) is 52.6 Å². The molecular weight excluding hydrogens is 369 g/mol. The number of benzene rings is 1. The third-order valence-corrected chi connectivity index (χ3v) is 5.10. The van der Waals surface area contributed by atoms with Crippen molar-refractivity contribution in [3.63, 3.8) is 0 Å². The lowest BCUT2D eigenvalue weighted by atomic mass is 10.1. The predicted molar refractivity (Wildman–Crippen MR) is 110 cm³/mol. The summed E-state index contributed by atoms with van der Waals surface area (Å²) >= 11 is 12.5. The van der Waals surface area contributed by atoms with Gasteiger partial charge in [-0.2, -0.15) is 0 Å². The molecule has 1 fully saturated rings. The largest absolute Gasteiger partial charge is 0.356 e. The Labute approximate surface area is 164 Å². The molecule has 5 nitrogen and oxygen atoms in total. The van der Waals surface area contributed by atoms with E-state index in [0.29, 0.717) is 11.1 Å². The maximum Gasteiger partial charge on any atom is 0.191 e. The molecule has 0 radical (unpaired) electrons. The van der Waals surface area contributed by atoms with Gasteiger partial charge in [0, 0.05) is 43.9 Å². The van der Waals surface area contributed by atoms with Crippen LogP contribution in [0.25, 0.3) is 0 Å². The van der Waals surface area contributed by atoms with Crippen LogP contribution in [0.4, 0.5) is 5.82 Å². The van der Waals surface area contributed by atoms with E-state index in [4.69, 9.17) is 23.2 Å². The van der Waals surface area contributed by atoms with Crippen LogP contribution in [-0.2, 0) is 6.42 Å². The van der Waals surface area contributed by atoms with E-state index in [0.717, 1.165) is 54.8 Å². The summed E-state index contributed by atoms with van der Waals surface area (Å²) in [6, 6.07) is 11.9. The molecule has 2 heterocycles. The molecule has 2 aromatic rings. The highest BCUT2D eigenvalue weighted by Gasteiger charge is 2.25. The molecule has 0 spiro atoms. The molecule has 0 saturated carbocycles. The zero-order valence-electron chi connectivity index (χ0n) is 14.8. The van der Waals surface area contributed by atoms with E-state index in [1.807, 2.05) is 36.4 Å². The standard InChI is InChI=1S/C19H23Cl2N5/c1-22-19(24-11-8-14-5-2-3-6-16(14)20)25-15-9-12-26(13-15)18-17(21)7-4-10-23-18/h2-7,10,15H,8-9,11-13H2,1H3,(H2,22,24,25). The Bertz CT molecular complexity index is 765. The van der Waals surface area contributed by atoms with Crippen molar-refractivity contribution in [2.75, 3.05) is 31.6 Å². The first-order chi connectivity index (χ1) is 12.7. The minimum absolute atomic E-state index is 0.305. The van der Waals surface area contributed by atoms with Crippen LogP contribution in [0.5, 0.6) is 0 Å². The second-order valence-electron chi connectivity index (χ2n) is 6.23. The number of aliphatic imine (C=N–C) groups is 1. The second kappa shape index (κ2) is 9.10. The second-order valence-corrected chi connectivity index (χ2v) is 7.04. The van der Waals surface area contributed by atoms with Crippen LogP contribution in [0, 0.1) is 0 Å². The number of rotatable bonds is 5. The molecule has 1 unspecified atom stereocenters. The van der Waals surface area contributed by atoms with E-state index >= 15 is 0 Å². The number of nitrogens with zero attached hydrogens (tertiary/aromatic N) is 3. The van der Waals surface area contributed by atoms with Gasteiger partial charge >= 0.3 is 0 Å². The van der Waals surface area contributed by atoms with E-state index in [9.17, 15) is 0 Å². The van der Waals surface area contributed by atoms with Crippen molar-refractivity contribution in [3.8, 4) is 0 Å². The van der Waals surface area contributed by atoms with Gasteiger partial charge in [-0.3, -0.25) is 4.99 Å². The first-order valence-corrected chi connectivity index (χ1v) is 9.49. The molecule has 1 atom stereocenters. The summed E-state index contributed by atoms with van der Waals surface area (Å²) < 4.78 is 0. The summed E-state index contributed by atoms with van der Waals surface area (Å²) in [5.41, 5.74) is 1.13. The highest BCUT2D eigenvalue weighted by Crippen LogP contribution is 2.25. The van der Waals surface area contributed by atoms with Gasteiger partial charge in [-0.05, 0) is 36.6 Å². The van der Waals surface area contributed by atoms with Crippen LogP contribution in [0.1, 0.15) is 12.0 Å². The first-order valence-electron chi connectivity index (χ1n) is 8.73. The lowest BCUT2D eigenvalue weighted by Gasteiger charge is -2.20. The van der Waals surface area contributed by atoms with E-state index in [2.05, 4.69) is 25.5 Å². The minimum Gasteiger partial charge on any atom is -0.356 e. The van der Waals surface area contributed by atoms with Crippen molar-refractivity contribution in [1.29, 1.82) is 0 Å². The molecule has 1 aliphatic heterocycles. The summed E-state index contributed by atoms with van der Waals surface area (Å²) in [6.45, 7) is 2.54. The summed E-state index contributed by atoms with van der Waals surface area (Å²) in [6.07, 6.45) is 3.63. The highest BCUT2D eigenvalue weighted by molar-refractivity contribution is 6.33. The fourth-order valence-corrected chi connectivity index (χ4v) is 3.56. The third kappa shape index (κ3) is 4.80. The fraction of sp³-hybridized carbons (Fsp3) is 0.368. The van der Waals surface area contributed by atoms with Crippen molar-refractivity contribution in [1.82, 2.24) is 15.6 Å². The molecule has 0 bridgehead atoms. The molecule has 1 aromatic heterocycles. The maximum atomic E-state index is 6.25. The van der Waals surface area contributed by atoms with Gasteiger partial charge in [-0.1, -0.05) is 41.4 Å². The maximum absolute atomic E-state index is 6.25. The van der Waals surface area contributed by atoms with Gasteiger partial charge < -0.3 is 15.5 Å². The number of hydrogen-bond acceptors (Lipinski definition) is 3. The molecule has 1 saturated heterocycles. The first kappa shape index (κ1) is 18.8. The smallest absolute Gasteiger partial charge is 0.191 e. The highest BCUT2D eigenvalue weighted by atomic mass is 35.5. The Morgan fingerprint density at radius 2 is 2.04 bits per heavy atom. The molecule has 7 heteroatoms. The summed E-state index contributed by atoms with van der Waals surface area (Å²) in [7, 11) is 1.78. The Hall–Kier alpha value is -1.98. The summed E-state index contributed by atoms with van der Waals surface area (Å²) in [4.78, 5) is 10.9. The molecule has 0 aliphatic carbocycles. The average Bonchev–Trinajstić information content (AvgIpc) is 3.11. The van der Waals surface area contributed by atoms with E-state index in [-0.39, 0.29) is 0 Å². The van der Waals surface area contributed by atoms with E-state index in [1.54, 1.807) is 13.2 Å². The van der Waals surface area contributed by atoms with Crippen molar-refractivity contribution >= 4 is 35.0 Å². The number of hydrogen-bond donors (Lipinski definition) is 2. The lowest BCUT2D eigenvalue weighted by molar-refractivity contribution is 0.648. The molecule has 2 N–H and O–H groups in total. The number of nitrogens with one attached hydrogen (secondary N) is 2. The summed E-state index contributed by atoms with van der Waals surface area (Å²) in [5.74, 6) is 1.65. The summed E-state index contributed by atoms with van der Waals surface area (Å²) in [5, 5.41) is 8.33.